The number of benzene rings is 1. The molecular formula is C27H32N4O4S. The number of amides is 2. The summed E-state index contributed by atoms with van der Waals surface area (Å²) in [6.45, 7) is 6.06. The van der Waals surface area contributed by atoms with Gasteiger partial charge in [-0.05, 0) is 69.2 Å². The zero-order valence-electron chi connectivity index (χ0n) is 21.0. The molecule has 0 unspecified atom stereocenters. The van der Waals surface area contributed by atoms with Crippen LogP contribution in [-0.2, 0) is 11.8 Å². The molecule has 2 aromatic heterocycles. The number of nitrogens with zero attached hydrogens (tertiary/aromatic N) is 3. The van der Waals surface area contributed by atoms with Crippen molar-refractivity contribution in [3.05, 3.63) is 53.4 Å². The second kappa shape index (κ2) is 10.7. The Labute approximate surface area is 215 Å². The van der Waals surface area contributed by atoms with E-state index in [0.717, 1.165) is 47.5 Å². The fourth-order valence-electron chi connectivity index (χ4n) is 4.65. The third-order valence-electron chi connectivity index (χ3n) is 6.65. The molecule has 1 aliphatic carbocycles. The molecule has 1 aliphatic rings. The van der Waals surface area contributed by atoms with Gasteiger partial charge in [-0.25, -0.2) is 9.78 Å². The number of thiophene rings is 1. The van der Waals surface area contributed by atoms with Crippen LogP contribution in [0.1, 0.15) is 66.6 Å². The number of carboxylic acid groups (broad SMARTS) is 1. The van der Waals surface area contributed by atoms with Gasteiger partial charge in [-0.2, -0.15) is 0 Å². The van der Waals surface area contributed by atoms with E-state index in [1.807, 2.05) is 26.0 Å². The van der Waals surface area contributed by atoms with Gasteiger partial charge < -0.3 is 19.9 Å². The summed E-state index contributed by atoms with van der Waals surface area (Å²) in [5, 5.41) is 12.8. The van der Waals surface area contributed by atoms with Gasteiger partial charge in [-0.15, -0.1) is 11.3 Å². The smallest absolute Gasteiger partial charge is 0.348 e. The van der Waals surface area contributed by atoms with Crippen LogP contribution in [-0.4, -0.2) is 38.5 Å². The lowest BCUT2D eigenvalue weighted by atomic mass is 9.82. The SMILES string of the molecule is CC(C)N(c1cc(-c2ccc(NC(=O)c3cn(C)cn3)cc2)sc1C(=O)O)C(=O)[C@H]1CC[C@H](C)CC1. The van der Waals surface area contributed by atoms with E-state index in [-0.39, 0.29) is 28.7 Å². The Balaban J connectivity index is 1.58. The van der Waals surface area contributed by atoms with Gasteiger partial charge in [0.05, 0.1) is 12.0 Å². The summed E-state index contributed by atoms with van der Waals surface area (Å²) < 4.78 is 1.70. The minimum atomic E-state index is -1.05. The molecule has 0 spiro atoms. The Morgan fingerprint density at radius 3 is 2.36 bits per heavy atom. The van der Waals surface area contributed by atoms with Crippen molar-refractivity contribution in [2.45, 2.75) is 52.5 Å². The van der Waals surface area contributed by atoms with Gasteiger partial charge in [-0.3, -0.25) is 9.59 Å². The van der Waals surface area contributed by atoms with Gasteiger partial charge in [-0.1, -0.05) is 19.1 Å². The first-order valence-electron chi connectivity index (χ1n) is 12.2. The number of nitrogens with one attached hydrogen (secondary N) is 1. The van der Waals surface area contributed by atoms with E-state index >= 15 is 0 Å². The Morgan fingerprint density at radius 1 is 1.14 bits per heavy atom. The van der Waals surface area contributed by atoms with Gasteiger partial charge in [0.2, 0.25) is 5.91 Å². The van der Waals surface area contributed by atoms with Crippen LogP contribution in [0.4, 0.5) is 11.4 Å². The molecule has 4 rings (SSSR count). The lowest BCUT2D eigenvalue weighted by molar-refractivity contribution is -0.123. The van der Waals surface area contributed by atoms with Gasteiger partial charge >= 0.3 is 5.97 Å². The molecular weight excluding hydrogens is 476 g/mol. The Kier molecular flexibility index (Phi) is 7.59. The van der Waals surface area contributed by atoms with Gasteiger partial charge in [0.25, 0.3) is 5.91 Å². The maximum Gasteiger partial charge on any atom is 0.348 e. The Hall–Kier alpha value is -3.46. The lowest BCUT2D eigenvalue weighted by Gasteiger charge is -2.33. The quantitative estimate of drug-likeness (QED) is 0.428. The topological polar surface area (TPSA) is 105 Å². The number of rotatable bonds is 7. The number of imidazole rings is 1. The highest BCUT2D eigenvalue weighted by molar-refractivity contribution is 7.18. The van der Waals surface area contributed by atoms with Gasteiger partial charge in [0.1, 0.15) is 10.6 Å². The lowest BCUT2D eigenvalue weighted by Crippen LogP contribution is -2.42. The highest BCUT2D eigenvalue weighted by Crippen LogP contribution is 2.40. The van der Waals surface area contributed by atoms with Crippen LogP contribution in [0, 0.1) is 11.8 Å². The monoisotopic (exact) mass is 508 g/mol. The number of aromatic nitrogens is 2. The number of aromatic carboxylic acids is 1. The molecule has 0 radical (unpaired) electrons. The van der Waals surface area contributed by atoms with Crippen LogP contribution >= 0.6 is 11.3 Å². The first kappa shape index (κ1) is 25.6. The average Bonchev–Trinajstić information content (AvgIpc) is 3.47. The van der Waals surface area contributed by atoms with Crippen molar-refractivity contribution in [3.8, 4) is 10.4 Å². The minimum Gasteiger partial charge on any atom is -0.477 e. The second-order valence-corrected chi connectivity index (χ2v) is 10.9. The highest BCUT2D eigenvalue weighted by Gasteiger charge is 2.33. The predicted octanol–water partition coefficient (Wildman–Crippen LogP) is 5.67. The summed E-state index contributed by atoms with van der Waals surface area (Å²) in [6, 6.07) is 8.84. The normalized spacial score (nSPS) is 17.7. The fourth-order valence-corrected chi connectivity index (χ4v) is 5.65. The summed E-state index contributed by atoms with van der Waals surface area (Å²) in [5.41, 5.74) is 2.19. The largest absolute Gasteiger partial charge is 0.477 e. The zero-order valence-corrected chi connectivity index (χ0v) is 21.8. The molecule has 8 nitrogen and oxygen atoms in total. The molecule has 3 aromatic rings. The van der Waals surface area contributed by atoms with E-state index < -0.39 is 5.97 Å². The fraction of sp³-hybridized carbons (Fsp3) is 0.407. The summed E-state index contributed by atoms with van der Waals surface area (Å²) in [5.74, 6) is -0.790. The second-order valence-electron chi connectivity index (χ2n) is 9.84. The van der Waals surface area contributed by atoms with Gasteiger partial charge in [0, 0.05) is 35.8 Å². The molecule has 9 heteroatoms. The summed E-state index contributed by atoms with van der Waals surface area (Å²) in [7, 11) is 1.79. The molecule has 36 heavy (non-hydrogen) atoms. The molecule has 1 aromatic carbocycles. The van der Waals surface area contributed by atoms with Crippen LogP contribution < -0.4 is 10.2 Å². The maximum absolute atomic E-state index is 13.5. The summed E-state index contributed by atoms with van der Waals surface area (Å²) >= 11 is 1.16. The predicted molar refractivity (Wildman–Crippen MR) is 142 cm³/mol. The van der Waals surface area contributed by atoms with Crippen LogP contribution in [0.2, 0.25) is 0 Å². The van der Waals surface area contributed by atoms with E-state index in [1.54, 1.807) is 47.2 Å². The van der Waals surface area contributed by atoms with Crippen LogP contribution in [0.15, 0.2) is 42.9 Å². The molecule has 190 valence electrons. The number of hydrogen-bond acceptors (Lipinski definition) is 5. The molecule has 0 aliphatic heterocycles. The van der Waals surface area contributed by atoms with Crippen molar-refractivity contribution < 1.29 is 19.5 Å². The molecule has 0 bridgehead atoms. The summed E-state index contributed by atoms with van der Waals surface area (Å²) in [4.78, 5) is 44.7. The van der Waals surface area contributed by atoms with Crippen LogP contribution in [0.5, 0.6) is 0 Å². The molecule has 1 fully saturated rings. The molecule has 2 N–H and O–H groups in total. The van der Waals surface area contributed by atoms with E-state index in [1.165, 1.54) is 0 Å². The van der Waals surface area contributed by atoms with Crippen LogP contribution in [0.25, 0.3) is 10.4 Å². The molecule has 0 atom stereocenters. The van der Waals surface area contributed by atoms with E-state index in [9.17, 15) is 19.5 Å². The molecule has 2 heterocycles. The third kappa shape index (κ3) is 5.51. The number of hydrogen-bond donors (Lipinski definition) is 2. The molecule has 0 saturated heterocycles. The first-order chi connectivity index (χ1) is 17.1. The number of anilines is 2. The van der Waals surface area contributed by atoms with E-state index in [2.05, 4.69) is 17.2 Å². The molecule has 1 saturated carbocycles. The third-order valence-corrected chi connectivity index (χ3v) is 7.81. The number of carbonyl (C=O) groups is 3. The van der Waals surface area contributed by atoms with Crippen molar-refractivity contribution in [1.29, 1.82) is 0 Å². The first-order valence-corrected chi connectivity index (χ1v) is 13.1. The van der Waals surface area contributed by atoms with Crippen LogP contribution in [0.3, 0.4) is 0 Å². The summed E-state index contributed by atoms with van der Waals surface area (Å²) in [6.07, 6.45) is 6.92. The maximum atomic E-state index is 13.5. The highest BCUT2D eigenvalue weighted by atomic mass is 32.1. The zero-order chi connectivity index (χ0) is 26.0. The van der Waals surface area contributed by atoms with E-state index in [0.29, 0.717) is 23.0 Å². The number of aryl methyl sites for hydroxylation is 1. The number of carboxylic acids is 1. The van der Waals surface area contributed by atoms with Crippen molar-refractivity contribution in [3.63, 3.8) is 0 Å². The van der Waals surface area contributed by atoms with Crippen molar-refractivity contribution in [1.82, 2.24) is 9.55 Å². The molecule has 2 amide bonds. The Bertz CT molecular complexity index is 1250. The average molecular weight is 509 g/mol. The minimum absolute atomic E-state index is 0.0105. The van der Waals surface area contributed by atoms with Gasteiger partial charge in [0.15, 0.2) is 0 Å². The van der Waals surface area contributed by atoms with Crippen molar-refractivity contribution in [2.75, 3.05) is 10.2 Å². The van der Waals surface area contributed by atoms with Crippen molar-refractivity contribution in [2.24, 2.45) is 18.9 Å². The van der Waals surface area contributed by atoms with E-state index in [4.69, 9.17) is 0 Å². The van der Waals surface area contributed by atoms with Crippen molar-refractivity contribution >= 4 is 40.5 Å². The number of carbonyl (C=O) groups excluding carboxylic acids is 2. The standard InChI is InChI=1S/C27H32N4O4S/c1-16(2)31(26(33)19-7-5-17(3)6-8-19)22-13-23(36-24(22)27(34)35)18-9-11-20(12-10-18)29-25(32)21-14-30(4)15-28-21/h9-17,19H,5-8H2,1-4H3,(H,29,32)(H,34,35)/t17-,19-. The Morgan fingerprint density at radius 2 is 1.81 bits per heavy atom.